The number of unbranched alkanes of at least 4 members (excludes halogenated alkanes) is 12. The third-order valence-electron chi connectivity index (χ3n) is 24.9. The molecule has 27 N–H and O–H groups in total. The van der Waals surface area contributed by atoms with Crippen LogP contribution in [-0.2, 0) is 105 Å². The zero-order valence-corrected chi connectivity index (χ0v) is 84.8. The number of likely N-dealkylation sites (N-methyl/N-ethyl adjacent to an activating group) is 1. The van der Waals surface area contributed by atoms with Crippen LogP contribution in [0.15, 0.2) is 87.5 Å². The number of aliphatic hydroxyl groups is 3. The molecule has 13 amide bonds. The first kappa shape index (κ1) is 122. The van der Waals surface area contributed by atoms with Crippen molar-refractivity contribution in [2.24, 2.45) is 49.6 Å². The molecule has 13 atom stereocenters. The van der Waals surface area contributed by atoms with E-state index in [1.54, 1.807) is 55.9 Å². The zero-order chi connectivity index (χ0) is 107. The molecule has 3 aliphatic heterocycles. The molecule has 2 fully saturated rings. The molecule has 5 heterocycles. The second-order valence-corrected chi connectivity index (χ2v) is 37.3. The summed E-state index contributed by atoms with van der Waals surface area (Å²) in [5, 5.41) is 77.8. The number of rotatable bonds is 59. The van der Waals surface area contributed by atoms with Crippen LogP contribution in [-0.4, -0.2) is 310 Å². The van der Waals surface area contributed by atoms with Crippen molar-refractivity contribution in [2.75, 3.05) is 72.9 Å². The van der Waals surface area contributed by atoms with Crippen LogP contribution in [0.2, 0.25) is 0 Å². The molecular formula is C99H156N26O21. The Morgan fingerprint density at radius 2 is 1.14 bits per heavy atom. The molecular weight excluding hydrogens is 1890 g/mol. The third kappa shape index (κ3) is 47.4. The van der Waals surface area contributed by atoms with Gasteiger partial charge < -0.3 is 127 Å². The number of nitrogens with one attached hydrogen (secondary N) is 14. The summed E-state index contributed by atoms with van der Waals surface area (Å²) >= 11 is 0. The Hall–Kier alpha value is -13.1. The van der Waals surface area contributed by atoms with Crippen LogP contribution in [0.4, 0.5) is 0 Å². The van der Waals surface area contributed by atoms with Gasteiger partial charge in [-0.3, -0.25) is 91.7 Å². The van der Waals surface area contributed by atoms with Gasteiger partial charge in [0.1, 0.15) is 66.8 Å². The number of aryl methyl sites for hydroxylation is 1. The van der Waals surface area contributed by atoms with Crippen LogP contribution < -0.4 is 92.5 Å². The lowest BCUT2D eigenvalue weighted by molar-refractivity contribution is -0.141. The Balaban J connectivity index is 0.000000462. The Kier molecular flexibility index (Phi) is 56.9. The first-order valence-corrected chi connectivity index (χ1v) is 50.8. The molecule has 2 aromatic carbocycles. The van der Waals surface area contributed by atoms with Gasteiger partial charge in [-0.25, -0.2) is 0 Å². The number of hydrogen-bond donors (Lipinski definition) is 22. The summed E-state index contributed by atoms with van der Waals surface area (Å²) in [5.41, 5.74) is 30.0. The summed E-state index contributed by atoms with van der Waals surface area (Å²) in [4.78, 5) is 231. The van der Waals surface area contributed by atoms with E-state index >= 15 is 0 Å². The van der Waals surface area contributed by atoms with Gasteiger partial charge in [0.15, 0.2) is 29.3 Å². The number of aromatic amines is 2. The van der Waals surface area contributed by atoms with Gasteiger partial charge in [0.05, 0.1) is 57.3 Å². The predicted molar refractivity (Wildman–Crippen MR) is 544 cm³/mol. The number of aliphatic imine (C=N–C) groups is 3. The molecule has 0 unspecified atom stereocenters. The van der Waals surface area contributed by atoms with Gasteiger partial charge in [-0.2, -0.15) is 5.21 Å². The molecule has 2 aromatic heterocycles. The lowest BCUT2D eigenvalue weighted by atomic mass is 9.99. The van der Waals surface area contributed by atoms with Gasteiger partial charge in [0.25, 0.3) is 0 Å². The number of H-pyrrole nitrogens is 2. The van der Waals surface area contributed by atoms with E-state index in [9.17, 15) is 92.0 Å². The van der Waals surface area contributed by atoms with E-state index in [0.717, 1.165) is 54.4 Å². The summed E-state index contributed by atoms with van der Waals surface area (Å²) < 4.78 is 10.9. The number of nitrogens with zero attached hydrogens (tertiary/aromatic N) is 7. The fraction of sp³-hybridized carbons (Fsp3) is 0.636. The van der Waals surface area contributed by atoms with Crippen molar-refractivity contribution in [3.63, 3.8) is 0 Å². The molecule has 146 heavy (non-hydrogen) atoms. The number of carbonyl (C=O) groups is 16. The van der Waals surface area contributed by atoms with Crippen molar-refractivity contribution in [1.82, 2.24) is 94.3 Å². The maximum atomic E-state index is 14.4. The third-order valence-corrected chi connectivity index (χ3v) is 24.9. The number of hydrogen-bond acceptors (Lipinski definition) is 28. The van der Waals surface area contributed by atoms with Gasteiger partial charge in [-0.05, 0) is 115 Å². The molecule has 7 rings (SSSR count). The Bertz CT molecular complexity index is 4910. The van der Waals surface area contributed by atoms with Gasteiger partial charge >= 0.3 is 0 Å². The van der Waals surface area contributed by atoms with Crippen molar-refractivity contribution in [2.45, 2.75) is 325 Å². The van der Waals surface area contributed by atoms with Crippen LogP contribution in [0.3, 0.4) is 0 Å². The first-order valence-electron chi connectivity index (χ1n) is 50.8. The van der Waals surface area contributed by atoms with E-state index in [1.807, 2.05) is 38.1 Å². The van der Waals surface area contributed by atoms with E-state index in [4.69, 9.17) is 38.1 Å². The van der Waals surface area contributed by atoms with Gasteiger partial charge in [-0.1, -0.05) is 157 Å². The van der Waals surface area contributed by atoms with Crippen molar-refractivity contribution in [3.05, 3.63) is 89.5 Å². The second-order valence-electron chi connectivity index (χ2n) is 37.3. The van der Waals surface area contributed by atoms with Crippen LogP contribution in [0.25, 0.3) is 10.9 Å². The minimum atomic E-state index is -1.73. The minimum Gasteiger partial charge on any atom is -0.394 e. The highest BCUT2D eigenvalue weighted by Crippen LogP contribution is 2.25. The fourth-order valence-corrected chi connectivity index (χ4v) is 16.8. The Morgan fingerprint density at radius 3 is 1.75 bits per heavy atom. The van der Waals surface area contributed by atoms with Crippen molar-refractivity contribution >= 4 is 123 Å². The zero-order valence-electron chi connectivity index (χ0n) is 84.8. The van der Waals surface area contributed by atoms with Gasteiger partial charge in [0.2, 0.25) is 76.8 Å². The molecule has 808 valence electrons. The molecule has 2 saturated heterocycles. The molecule has 47 heteroatoms. The van der Waals surface area contributed by atoms with Crippen molar-refractivity contribution < 1.29 is 102 Å². The van der Waals surface area contributed by atoms with Crippen molar-refractivity contribution in [1.29, 1.82) is 0 Å². The summed E-state index contributed by atoms with van der Waals surface area (Å²) in [6.45, 7) is 4.60. The number of aromatic nitrogens is 5. The average molecular weight is 2050 g/mol. The molecule has 0 spiro atoms. The van der Waals surface area contributed by atoms with E-state index in [2.05, 4.69) is 104 Å². The number of fused-ring (bicyclic) bond motifs is 2. The standard InChI is InChI=1S/C54H94N16O13.C45H62N10O8/c1-36(2)31-41(37(3)73)63-52(80)43(33-71)66-51(79)42(32-38-19-17-25-58-38)64-53(81)44(34-72)65-49(77)39(20-18-26-60-54(56)57)62-50(78)40(23-24-45(55)74)61-48(76)35-83-30-29-82-28-27-59-47(75)22-16-14-12-10-8-6-4-5-7-9-11-13-15-21-46-67-69-70-68-46;1-27(56)33-16-8-4-7-14-30(57)19-20-36(48-2)44(63)55-26-31(58)24-39(55)43(62)54-37(22-28-12-5-3-6-13-28)41(60)52-35(18-11-21-49-45(46)47)40(59)53-38(42(61)51-33)23-29-25-50-34-17-10-9-15-32(29)34/h19,25,36,39-44,71-72H,4-18,20-24,26-35H2,1-3H3,(H2,55,74)(H,59,75)(H,61,76)(H,62,78)(H,63,80)(H,64,81)(H,65,77)(H,66,79)(H4,56,57,60)(H,67,68,69,70);3,5-6,9-10,12-13,15,17,25,31,33,35-39,48,50,58H,4,7-8,11,14,16,18-24,26H2,1-2H3,(H,51,61)(H,52,60)(H,53,59)(H,54,62)(H4,46,47,49)/t39-,40-,41+,42-,43-,44-;31-,33+,35+,36+,37-,38+,39+/m01/s1. The number of nitrogens with two attached hydrogens (primary N) is 5. The number of Topliss-reactive ketones (excluding diaryl/α,β-unsaturated/α-hetero) is 3. The van der Waals surface area contributed by atoms with E-state index in [-0.39, 0.29) is 164 Å². The van der Waals surface area contributed by atoms with Crippen molar-refractivity contribution in [3.8, 4) is 0 Å². The number of primary amides is 1. The summed E-state index contributed by atoms with van der Waals surface area (Å²) in [7, 11) is 1.59. The van der Waals surface area contributed by atoms with Crippen LogP contribution >= 0.6 is 0 Å². The summed E-state index contributed by atoms with van der Waals surface area (Å²) in [5.74, 6) is -9.78. The summed E-state index contributed by atoms with van der Waals surface area (Å²) in [6.07, 6.45) is 23.0. The monoisotopic (exact) mass is 2050 g/mol. The minimum absolute atomic E-state index is 0.00323. The number of carbonyl (C=O) groups excluding carboxylic acids is 16. The number of amides is 13. The van der Waals surface area contributed by atoms with Gasteiger partial charge in [-0.15, -0.1) is 10.2 Å². The van der Waals surface area contributed by atoms with E-state index < -0.39 is 169 Å². The Morgan fingerprint density at radius 1 is 0.575 bits per heavy atom. The van der Waals surface area contributed by atoms with E-state index in [0.29, 0.717) is 62.8 Å². The van der Waals surface area contributed by atoms with E-state index in [1.165, 1.54) is 76.5 Å². The highest BCUT2D eigenvalue weighted by atomic mass is 16.5. The largest absolute Gasteiger partial charge is 0.394 e. The molecule has 47 nitrogen and oxygen atoms in total. The number of benzene rings is 2. The highest BCUT2D eigenvalue weighted by Gasteiger charge is 2.43. The second kappa shape index (κ2) is 68.3. The molecule has 0 radical (unpaired) electrons. The molecule has 0 aliphatic carbocycles. The summed E-state index contributed by atoms with van der Waals surface area (Å²) in [6, 6.07) is 1.41. The lowest BCUT2D eigenvalue weighted by Crippen LogP contribution is -2.60. The molecule has 0 bridgehead atoms. The topological polar surface area (TPSA) is 737 Å². The molecule has 4 aromatic rings. The highest BCUT2D eigenvalue weighted by molar-refractivity contribution is 6.00. The fourth-order valence-electron chi connectivity index (χ4n) is 16.8. The maximum absolute atomic E-state index is 14.4. The number of aliphatic hydroxyl groups excluding tert-OH is 3. The lowest BCUT2D eigenvalue weighted by Gasteiger charge is -2.30. The number of allylic oxidation sites excluding steroid dienone is 1. The number of guanidine groups is 2. The smallest absolute Gasteiger partial charge is 0.246 e. The SMILES string of the molecule is CC(=O)[C@@H](CC(C)C)NC(=O)[C@H](CO)NC(=O)[C@H](CC1=CCC=N1)NC(=O)[C@H](CO)NC(=O)[C@H](CCCN=C(N)N)NC(=O)[C@H](CCC(N)=O)NC(=O)COCCOCCNC(=O)CCCCCCCCCCCCCCCc1nn[nH]n1.CN[C@H]1CCC(=O)CCCCC[C@@H](C(C)=O)NC(=O)[C@H](Cc2c[nH]c3ccccc23)NC(=O)[C@H](CCCN=C(N)N)NC(=O)[C@@H](Cc2ccccc2)NC(=O)[C@@H]2C[C@@H](O)CN2C1=O. The van der Waals surface area contributed by atoms with Crippen LogP contribution in [0.1, 0.15) is 244 Å². The maximum Gasteiger partial charge on any atom is 0.246 e. The normalized spacial score (nSPS) is 18.9. The number of para-hydroxylation sites is 1. The average Bonchev–Trinajstić information content (AvgIpc) is 1.67. The number of ether oxygens (including phenoxy) is 2. The first-order chi connectivity index (χ1) is 70.1. The number of tetrazole rings is 1. The number of ketones is 3. The Labute approximate surface area is 851 Å². The van der Waals surface area contributed by atoms with Crippen LogP contribution in [0.5, 0.6) is 0 Å². The van der Waals surface area contributed by atoms with Crippen LogP contribution in [0, 0.1) is 5.92 Å². The molecule has 3 aliphatic rings. The van der Waals surface area contributed by atoms with Gasteiger partial charge in [0, 0.05) is 119 Å². The molecule has 0 saturated carbocycles. The quantitative estimate of drug-likeness (QED) is 0.0148. The predicted octanol–water partition coefficient (Wildman–Crippen LogP) is -0.653.